The van der Waals surface area contributed by atoms with Gasteiger partial charge in [0.2, 0.25) is 0 Å². The van der Waals surface area contributed by atoms with Crippen LogP contribution in [0, 0.1) is 6.92 Å². The molecule has 0 heterocycles. The van der Waals surface area contributed by atoms with E-state index in [0.717, 1.165) is 29.9 Å². The maximum Gasteiger partial charge on any atom is 0.0917 e. The maximum atomic E-state index is 10.4. The Morgan fingerprint density at radius 3 is 2.25 bits per heavy atom. The number of aliphatic hydroxyl groups excluding tert-OH is 1. The van der Waals surface area contributed by atoms with Gasteiger partial charge in [-0.3, -0.25) is 0 Å². The topological polar surface area (TPSA) is 49.5 Å². The minimum atomic E-state index is -0.452. The van der Waals surface area contributed by atoms with Gasteiger partial charge in [0.1, 0.15) is 0 Å². The molecular formula is C17H30N2O. The minimum absolute atomic E-state index is 0.452. The summed E-state index contributed by atoms with van der Waals surface area (Å²) in [7, 11) is 0. The van der Waals surface area contributed by atoms with Crippen LogP contribution >= 0.6 is 0 Å². The standard InChI is InChI=1S/C17H30N2O/c1-4-6-10-19(11-7-5-2)13-17(20)15-9-8-14(3)16(18)12-15/h8-9,12,17,20H,4-7,10-11,13,18H2,1-3H3. The van der Waals surface area contributed by atoms with Crippen LogP contribution in [0.15, 0.2) is 18.2 Å². The van der Waals surface area contributed by atoms with E-state index >= 15 is 0 Å². The zero-order chi connectivity index (χ0) is 15.0. The molecular weight excluding hydrogens is 248 g/mol. The third kappa shape index (κ3) is 5.51. The van der Waals surface area contributed by atoms with E-state index in [4.69, 9.17) is 5.73 Å². The first-order valence-electron chi connectivity index (χ1n) is 7.84. The Bertz CT molecular complexity index is 385. The quantitative estimate of drug-likeness (QED) is 0.680. The molecule has 3 heteroatoms. The van der Waals surface area contributed by atoms with Crippen LogP contribution in [-0.4, -0.2) is 29.6 Å². The summed E-state index contributed by atoms with van der Waals surface area (Å²) in [5, 5.41) is 10.4. The summed E-state index contributed by atoms with van der Waals surface area (Å²) in [5.41, 5.74) is 8.67. The number of benzene rings is 1. The van der Waals surface area contributed by atoms with E-state index in [9.17, 15) is 5.11 Å². The second-order valence-electron chi connectivity index (χ2n) is 5.64. The van der Waals surface area contributed by atoms with E-state index < -0.39 is 6.10 Å². The Hall–Kier alpha value is -1.06. The molecule has 0 aromatic heterocycles. The molecule has 0 saturated carbocycles. The molecule has 1 aromatic carbocycles. The van der Waals surface area contributed by atoms with Crippen molar-refractivity contribution in [1.29, 1.82) is 0 Å². The van der Waals surface area contributed by atoms with Crippen molar-refractivity contribution in [2.75, 3.05) is 25.4 Å². The van der Waals surface area contributed by atoms with Crippen molar-refractivity contribution in [3.8, 4) is 0 Å². The third-order valence-electron chi connectivity index (χ3n) is 3.77. The van der Waals surface area contributed by atoms with Gasteiger partial charge in [0, 0.05) is 12.2 Å². The molecule has 0 amide bonds. The molecule has 1 aromatic rings. The summed E-state index contributed by atoms with van der Waals surface area (Å²) in [5.74, 6) is 0. The first kappa shape index (κ1) is 17.0. The molecule has 3 nitrogen and oxygen atoms in total. The van der Waals surface area contributed by atoms with Gasteiger partial charge in [-0.2, -0.15) is 0 Å². The van der Waals surface area contributed by atoms with Crippen molar-refractivity contribution in [2.45, 2.75) is 52.6 Å². The molecule has 0 fully saturated rings. The van der Waals surface area contributed by atoms with Crippen molar-refractivity contribution in [3.05, 3.63) is 29.3 Å². The molecule has 0 aliphatic heterocycles. The van der Waals surface area contributed by atoms with Gasteiger partial charge in [0.15, 0.2) is 0 Å². The third-order valence-corrected chi connectivity index (χ3v) is 3.77. The molecule has 0 aliphatic carbocycles. The highest BCUT2D eigenvalue weighted by atomic mass is 16.3. The molecule has 1 rings (SSSR count). The second kappa shape index (κ2) is 8.98. The minimum Gasteiger partial charge on any atom is -0.399 e. The second-order valence-corrected chi connectivity index (χ2v) is 5.64. The lowest BCUT2D eigenvalue weighted by atomic mass is 10.0. The highest BCUT2D eigenvalue weighted by Gasteiger charge is 2.13. The molecule has 20 heavy (non-hydrogen) atoms. The number of unbranched alkanes of at least 4 members (excludes halogenated alkanes) is 2. The number of nitrogens with zero attached hydrogens (tertiary/aromatic N) is 1. The van der Waals surface area contributed by atoms with Gasteiger partial charge in [-0.05, 0) is 50.0 Å². The van der Waals surface area contributed by atoms with Crippen LogP contribution in [0.25, 0.3) is 0 Å². The molecule has 114 valence electrons. The van der Waals surface area contributed by atoms with Gasteiger partial charge in [-0.15, -0.1) is 0 Å². The van der Waals surface area contributed by atoms with Gasteiger partial charge >= 0.3 is 0 Å². The zero-order valence-corrected chi connectivity index (χ0v) is 13.2. The van der Waals surface area contributed by atoms with Crippen molar-refractivity contribution in [1.82, 2.24) is 4.90 Å². The Morgan fingerprint density at radius 2 is 1.75 bits per heavy atom. The first-order valence-corrected chi connectivity index (χ1v) is 7.84. The van der Waals surface area contributed by atoms with Crippen LogP contribution in [0.1, 0.15) is 56.8 Å². The highest BCUT2D eigenvalue weighted by Crippen LogP contribution is 2.20. The number of nitrogen functional groups attached to an aromatic ring is 1. The molecule has 0 saturated heterocycles. The zero-order valence-electron chi connectivity index (χ0n) is 13.2. The lowest BCUT2D eigenvalue weighted by Gasteiger charge is -2.25. The van der Waals surface area contributed by atoms with Gasteiger partial charge < -0.3 is 15.7 Å². The van der Waals surface area contributed by atoms with E-state index in [0.29, 0.717) is 6.54 Å². The van der Waals surface area contributed by atoms with E-state index in [2.05, 4.69) is 18.7 Å². The van der Waals surface area contributed by atoms with Crippen LogP contribution < -0.4 is 5.73 Å². The van der Waals surface area contributed by atoms with Gasteiger partial charge in [0.05, 0.1) is 6.10 Å². The van der Waals surface area contributed by atoms with E-state index in [1.54, 1.807) is 0 Å². The lowest BCUT2D eigenvalue weighted by Crippen LogP contribution is -2.30. The van der Waals surface area contributed by atoms with Crippen LogP contribution in [-0.2, 0) is 0 Å². The normalized spacial score (nSPS) is 12.8. The number of aryl methyl sites for hydroxylation is 1. The summed E-state index contributed by atoms with van der Waals surface area (Å²) < 4.78 is 0. The number of rotatable bonds is 9. The predicted molar refractivity (Wildman–Crippen MR) is 86.8 cm³/mol. The SMILES string of the molecule is CCCCN(CCCC)CC(O)c1ccc(C)c(N)c1. The van der Waals surface area contributed by atoms with E-state index in [-0.39, 0.29) is 0 Å². The van der Waals surface area contributed by atoms with Gasteiger partial charge in [0.25, 0.3) is 0 Å². The van der Waals surface area contributed by atoms with Gasteiger partial charge in [-0.1, -0.05) is 38.8 Å². The summed E-state index contributed by atoms with van der Waals surface area (Å²) >= 11 is 0. The molecule has 3 N–H and O–H groups in total. The number of nitrogens with two attached hydrogens (primary N) is 1. The number of hydrogen-bond acceptors (Lipinski definition) is 3. The van der Waals surface area contributed by atoms with Crippen LogP contribution in [0.3, 0.4) is 0 Å². The maximum absolute atomic E-state index is 10.4. The van der Waals surface area contributed by atoms with Crippen LogP contribution in [0.2, 0.25) is 0 Å². The van der Waals surface area contributed by atoms with Crippen LogP contribution in [0.4, 0.5) is 5.69 Å². The fourth-order valence-electron chi connectivity index (χ4n) is 2.27. The first-order chi connectivity index (χ1) is 9.58. The Balaban J connectivity index is 2.62. The molecule has 0 aliphatic rings. The van der Waals surface area contributed by atoms with Crippen molar-refractivity contribution in [3.63, 3.8) is 0 Å². The van der Waals surface area contributed by atoms with Crippen LogP contribution in [0.5, 0.6) is 0 Å². The lowest BCUT2D eigenvalue weighted by molar-refractivity contribution is 0.111. The van der Waals surface area contributed by atoms with E-state index in [1.165, 1.54) is 25.7 Å². The predicted octanol–water partition coefficient (Wildman–Crippen LogP) is 3.51. The van der Waals surface area contributed by atoms with Crippen molar-refractivity contribution >= 4 is 5.69 Å². The fourth-order valence-corrected chi connectivity index (χ4v) is 2.27. The van der Waals surface area contributed by atoms with Crippen molar-refractivity contribution < 1.29 is 5.11 Å². The number of aliphatic hydroxyl groups is 1. The van der Waals surface area contributed by atoms with Gasteiger partial charge in [-0.25, -0.2) is 0 Å². The largest absolute Gasteiger partial charge is 0.399 e. The molecule has 0 spiro atoms. The summed E-state index contributed by atoms with van der Waals surface area (Å²) in [6.45, 7) is 9.22. The molecule has 1 atom stereocenters. The van der Waals surface area contributed by atoms with Crippen molar-refractivity contribution in [2.24, 2.45) is 0 Å². The smallest absolute Gasteiger partial charge is 0.0917 e. The number of hydrogen-bond donors (Lipinski definition) is 2. The molecule has 0 radical (unpaired) electrons. The Labute approximate surface area is 123 Å². The highest BCUT2D eigenvalue weighted by molar-refractivity contribution is 5.48. The molecule has 1 unspecified atom stereocenters. The van der Waals surface area contributed by atoms with E-state index in [1.807, 2.05) is 25.1 Å². The summed E-state index contributed by atoms with van der Waals surface area (Å²) in [4.78, 5) is 2.37. The Kier molecular flexibility index (Phi) is 7.63. The number of anilines is 1. The fraction of sp³-hybridized carbons (Fsp3) is 0.647. The average Bonchev–Trinajstić information content (AvgIpc) is 2.44. The molecule has 0 bridgehead atoms. The summed E-state index contributed by atoms with van der Waals surface area (Å²) in [6.07, 6.45) is 4.30. The Morgan fingerprint density at radius 1 is 1.15 bits per heavy atom. The summed E-state index contributed by atoms with van der Waals surface area (Å²) in [6, 6.07) is 5.86. The average molecular weight is 278 g/mol. The monoisotopic (exact) mass is 278 g/mol.